The fourth-order valence-electron chi connectivity index (χ4n) is 5.55. The molecule has 2 rings (SSSR count). The van der Waals surface area contributed by atoms with Crippen LogP contribution in [0.5, 0.6) is 5.75 Å². The van der Waals surface area contributed by atoms with Gasteiger partial charge in [0, 0.05) is 0 Å². The molecule has 2 unspecified atom stereocenters. The highest BCUT2D eigenvalue weighted by Gasteiger charge is 2.34. The summed E-state index contributed by atoms with van der Waals surface area (Å²) in [5.74, 6) is 1.23. The van der Waals surface area contributed by atoms with Crippen LogP contribution in [0.25, 0.3) is 0 Å². The first kappa shape index (κ1) is 30.4. The molecule has 202 valence electrons. The fourth-order valence-corrected chi connectivity index (χ4v) is 5.55. The van der Waals surface area contributed by atoms with E-state index in [2.05, 4.69) is 51.1 Å². The molecule has 0 aliphatic carbocycles. The maximum atomic E-state index is 11.3. The van der Waals surface area contributed by atoms with Crippen LogP contribution in [0.2, 0.25) is 0 Å². The zero-order chi connectivity index (χ0) is 26.8. The second kappa shape index (κ2) is 13.6. The maximum absolute atomic E-state index is 11.3. The van der Waals surface area contributed by atoms with Crippen molar-refractivity contribution in [2.75, 3.05) is 6.61 Å². The number of rotatable bonds is 16. The monoisotopic (exact) mass is 496 g/mol. The molecule has 0 saturated carbocycles. The van der Waals surface area contributed by atoms with Crippen molar-refractivity contribution in [1.82, 2.24) is 0 Å². The van der Waals surface area contributed by atoms with Gasteiger partial charge in [0.2, 0.25) is 0 Å². The van der Waals surface area contributed by atoms with Crippen LogP contribution in [0.15, 0.2) is 48.5 Å². The Hall–Kier alpha value is -1.84. The van der Waals surface area contributed by atoms with Crippen LogP contribution in [0.1, 0.15) is 129 Å². The number of unbranched alkanes of at least 4 members (excludes halogenated alkanes) is 1. The lowest BCUT2D eigenvalue weighted by molar-refractivity contribution is 0.0211. The van der Waals surface area contributed by atoms with Gasteiger partial charge in [0.15, 0.2) is 0 Å². The Morgan fingerprint density at radius 1 is 0.750 bits per heavy atom. The Bertz CT molecular complexity index is 862. The minimum Gasteiger partial charge on any atom is -0.494 e. The van der Waals surface area contributed by atoms with Crippen LogP contribution in [0, 0.1) is 5.41 Å². The van der Waals surface area contributed by atoms with Gasteiger partial charge in [0.05, 0.1) is 17.8 Å². The van der Waals surface area contributed by atoms with E-state index in [0.29, 0.717) is 38.2 Å². The van der Waals surface area contributed by atoms with E-state index in [1.54, 1.807) is 0 Å². The second-order valence-electron chi connectivity index (χ2n) is 10.9. The Balaban J connectivity index is 2.34. The van der Waals surface area contributed by atoms with Gasteiger partial charge in [0.25, 0.3) is 0 Å². The summed E-state index contributed by atoms with van der Waals surface area (Å²) in [4.78, 5) is 0. The van der Waals surface area contributed by atoms with Crippen LogP contribution in [0.4, 0.5) is 0 Å². The van der Waals surface area contributed by atoms with Crippen LogP contribution < -0.4 is 4.74 Å². The molecule has 2 N–H and O–H groups in total. The zero-order valence-electron chi connectivity index (χ0n) is 24.1. The van der Waals surface area contributed by atoms with Gasteiger partial charge in [-0.15, -0.1) is 0 Å². The Labute approximate surface area is 221 Å². The largest absolute Gasteiger partial charge is 0.494 e. The second-order valence-corrected chi connectivity index (χ2v) is 10.9. The molecule has 0 aromatic heterocycles. The lowest BCUT2D eigenvalue weighted by Crippen LogP contribution is -2.28. The van der Waals surface area contributed by atoms with Gasteiger partial charge >= 0.3 is 0 Å². The molecule has 3 nitrogen and oxygen atoms in total. The molecule has 2 aromatic rings. The van der Waals surface area contributed by atoms with Crippen LogP contribution in [-0.2, 0) is 11.2 Å². The molecule has 2 aromatic carbocycles. The van der Waals surface area contributed by atoms with Crippen molar-refractivity contribution < 1.29 is 14.9 Å². The highest BCUT2D eigenvalue weighted by atomic mass is 16.5. The van der Waals surface area contributed by atoms with Crippen LogP contribution in [0.3, 0.4) is 0 Å². The van der Waals surface area contributed by atoms with Gasteiger partial charge in [-0.3, -0.25) is 0 Å². The van der Waals surface area contributed by atoms with E-state index in [9.17, 15) is 10.2 Å². The molecule has 0 bridgehead atoms. The molecular weight excluding hydrogens is 444 g/mol. The molecule has 0 aliphatic heterocycles. The third kappa shape index (κ3) is 7.13. The molecule has 0 radical (unpaired) electrons. The first-order valence-corrected chi connectivity index (χ1v) is 14.4. The topological polar surface area (TPSA) is 49.7 Å². The number of hydrogen-bond donors (Lipinski definition) is 2. The quantitative estimate of drug-likeness (QED) is 0.244. The summed E-state index contributed by atoms with van der Waals surface area (Å²) in [7, 11) is 0. The first-order chi connectivity index (χ1) is 17.1. The predicted octanol–water partition coefficient (Wildman–Crippen LogP) is 8.86. The first-order valence-electron chi connectivity index (χ1n) is 14.4. The molecule has 0 saturated heterocycles. The Kier molecular flexibility index (Phi) is 11.5. The maximum Gasteiger partial charge on any atom is 0.120 e. The van der Waals surface area contributed by atoms with Crippen molar-refractivity contribution >= 4 is 0 Å². The van der Waals surface area contributed by atoms with E-state index in [1.807, 2.05) is 45.9 Å². The molecule has 0 amide bonds. The third-order valence-corrected chi connectivity index (χ3v) is 8.96. The zero-order valence-corrected chi connectivity index (χ0v) is 24.1. The number of aliphatic hydroxyl groups is 2. The predicted molar refractivity (Wildman–Crippen MR) is 153 cm³/mol. The summed E-state index contributed by atoms with van der Waals surface area (Å²) >= 11 is 0. The Morgan fingerprint density at radius 3 is 1.72 bits per heavy atom. The van der Waals surface area contributed by atoms with E-state index in [4.69, 9.17) is 4.74 Å². The lowest BCUT2D eigenvalue weighted by Gasteiger charge is -2.38. The van der Waals surface area contributed by atoms with Gasteiger partial charge in [-0.1, -0.05) is 98.1 Å². The van der Waals surface area contributed by atoms with Gasteiger partial charge < -0.3 is 14.9 Å². The van der Waals surface area contributed by atoms with Crippen molar-refractivity contribution in [2.45, 2.75) is 123 Å². The van der Waals surface area contributed by atoms with Crippen molar-refractivity contribution in [3.63, 3.8) is 0 Å². The Morgan fingerprint density at radius 2 is 1.28 bits per heavy atom. The molecule has 0 aliphatic rings. The van der Waals surface area contributed by atoms with E-state index in [0.717, 1.165) is 29.7 Å². The highest BCUT2D eigenvalue weighted by molar-refractivity contribution is 5.40. The van der Waals surface area contributed by atoms with Crippen molar-refractivity contribution in [1.29, 1.82) is 0 Å². The van der Waals surface area contributed by atoms with E-state index >= 15 is 0 Å². The molecule has 0 spiro atoms. The number of hydrogen-bond acceptors (Lipinski definition) is 3. The van der Waals surface area contributed by atoms with E-state index in [-0.39, 0.29) is 5.41 Å². The standard InChI is InChI=1S/C33H52O3/c1-8-14-20-30(26-18-16-15-17-19-26)31(7,9-2)21-22-36-29-24-27(32(34,10-3)11-4)23-28(25-29)33(35,12-5)13-6/h15-19,23-25,30,34-35H,8-14,20-22H2,1-7H3. The van der Waals surface area contributed by atoms with Gasteiger partial charge in [-0.25, -0.2) is 0 Å². The molecule has 2 atom stereocenters. The molecule has 0 fully saturated rings. The SMILES string of the molecule is CCCCC(c1ccccc1)C(C)(CC)CCOc1cc(C(O)(CC)CC)cc(C(O)(CC)CC)c1. The molecular formula is C33H52O3. The van der Waals surface area contributed by atoms with Crippen molar-refractivity contribution in [3.8, 4) is 5.75 Å². The van der Waals surface area contributed by atoms with E-state index in [1.165, 1.54) is 24.8 Å². The normalized spacial score (nSPS) is 14.9. The molecule has 0 heterocycles. The summed E-state index contributed by atoms with van der Waals surface area (Å²) in [5, 5.41) is 22.6. The minimum atomic E-state index is -0.924. The van der Waals surface area contributed by atoms with Crippen molar-refractivity contribution in [2.24, 2.45) is 5.41 Å². The summed E-state index contributed by atoms with van der Waals surface area (Å²) in [6, 6.07) is 16.9. The smallest absolute Gasteiger partial charge is 0.120 e. The average Bonchev–Trinajstić information content (AvgIpc) is 2.92. The number of ether oxygens (including phenoxy) is 1. The van der Waals surface area contributed by atoms with Gasteiger partial charge in [-0.2, -0.15) is 0 Å². The lowest BCUT2D eigenvalue weighted by atomic mass is 9.68. The van der Waals surface area contributed by atoms with Gasteiger partial charge in [-0.05, 0) is 84.7 Å². The van der Waals surface area contributed by atoms with Crippen molar-refractivity contribution in [3.05, 3.63) is 65.2 Å². The summed E-state index contributed by atoms with van der Waals surface area (Å²) in [6.45, 7) is 15.6. The molecule has 36 heavy (non-hydrogen) atoms. The summed E-state index contributed by atoms with van der Waals surface area (Å²) < 4.78 is 6.42. The number of benzene rings is 2. The third-order valence-electron chi connectivity index (χ3n) is 8.96. The summed E-state index contributed by atoms with van der Waals surface area (Å²) in [6.07, 6.45) is 8.11. The highest BCUT2D eigenvalue weighted by Crippen LogP contribution is 2.45. The van der Waals surface area contributed by atoms with Crippen LogP contribution >= 0.6 is 0 Å². The van der Waals surface area contributed by atoms with Crippen LogP contribution in [-0.4, -0.2) is 16.8 Å². The minimum absolute atomic E-state index is 0.123. The average molecular weight is 497 g/mol. The van der Waals surface area contributed by atoms with E-state index < -0.39 is 11.2 Å². The summed E-state index contributed by atoms with van der Waals surface area (Å²) in [5.41, 5.74) is 1.37. The fraction of sp³-hybridized carbons (Fsp3) is 0.636. The molecule has 3 heteroatoms. The van der Waals surface area contributed by atoms with Gasteiger partial charge in [0.1, 0.15) is 5.75 Å².